The van der Waals surface area contributed by atoms with Crippen molar-refractivity contribution in [3.05, 3.63) is 28.0 Å². The Kier molecular flexibility index (Phi) is 4.89. The molecule has 0 aliphatic heterocycles. The van der Waals surface area contributed by atoms with Crippen molar-refractivity contribution in [2.45, 2.75) is 19.5 Å². The van der Waals surface area contributed by atoms with Crippen LogP contribution in [0.5, 0.6) is 0 Å². The molecule has 0 atom stereocenters. The van der Waals surface area contributed by atoms with Gasteiger partial charge in [0.15, 0.2) is 0 Å². The molecule has 0 aliphatic carbocycles. The molecular formula is C11H8BrF4N3. The van der Waals surface area contributed by atoms with E-state index in [0.29, 0.717) is 6.42 Å². The molecule has 1 aromatic rings. The highest BCUT2D eigenvalue weighted by atomic mass is 79.9. The second-order valence-electron chi connectivity index (χ2n) is 3.45. The van der Waals surface area contributed by atoms with E-state index in [2.05, 4.69) is 26.2 Å². The average Bonchev–Trinajstić information content (AvgIpc) is 2.31. The fourth-order valence-electron chi connectivity index (χ4n) is 1.29. The lowest BCUT2D eigenvalue weighted by Crippen LogP contribution is -2.13. The van der Waals surface area contributed by atoms with E-state index in [0.717, 1.165) is 12.1 Å². The van der Waals surface area contributed by atoms with Crippen molar-refractivity contribution < 1.29 is 17.6 Å². The second-order valence-corrected chi connectivity index (χ2v) is 4.25. The van der Waals surface area contributed by atoms with Crippen molar-refractivity contribution in [3.63, 3.8) is 0 Å². The first kappa shape index (κ1) is 15.4. The van der Waals surface area contributed by atoms with E-state index < -0.39 is 22.0 Å². The van der Waals surface area contributed by atoms with Crippen LogP contribution in [-0.4, -0.2) is 5.84 Å². The van der Waals surface area contributed by atoms with Crippen LogP contribution in [0.25, 0.3) is 0 Å². The number of hydrogen-bond donors (Lipinski definition) is 1. The molecule has 0 amide bonds. The van der Waals surface area contributed by atoms with Gasteiger partial charge in [-0.2, -0.15) is 23.4 Å². The summed E-state index contributed by atoms with van der Waals surface area (Å²) in [5, 5.41) is 10.9. The summed E-state index contributed by atoms with van der Waals surface area (Å²) in [5.41, 5.74) is -1.26. The Morgan fingerprint density at radius 2 is 2.11 bits per heavy atom. The number of anilines is 1. The molecule has 0 heterocycles. The zero-order chi connectivity index (χ0) is 14.6. The number of benzene rings is 1. The minimum Gasteiger partial charge on any atom is -0.343 e. The molecule has 0 saturated carbocycles. The standard InChI is InChI=1S/C11H8BrF4N3/c1-2-9(18-5-17)19-6-3-7(11(14,15)16)10(12)8(13)4-6/h3-4H,2H2,1H3,(H,18,19). The maximum Gasteiger partial charge on any atom is 0.417 e. The number of halogens is 5. The molecule has 0 aromatic heterocycles. The van der Waals surface area contributed by atoms with Gasteiger partial charge in [-0.05, 0) is 28.1 Å². The van der Waals surface area contributed by atoms with Crippen molar-refractivity contribution in [2.75, 3.05) is 5.32 Å². The normalized spacial score (nSPS) is 12.2. The number of alkyl halides is 3. The molecule has 1 rings (SSSR count). The molecule has 1 aromatic carbocycles. The van der Waals surface area contributed by atoms with Crippen molar-refractivity contribution in [2.24, 2.45) is 4.99 Å². The highest BCUT2D eigenvalue weighted by Crippen LogP contribution is 2.38. The molecule has 3 nitrogen and oxygen atoms in total. The van der Waals surface area contributed by atoms with Crippen LogP contribution in [0.4, 0.5) is 23.2 Å². The van der Waals surface area contributed by atoms with Crippen LogP contribution >= 0.6 is 15.9 Å². The van der Waals surface area contributed by atoms with Gasteiger partial charge >= 0.3 is 6.18 Å². The third-order valence-corrected chi connectivity index (χ3v) is 2.95. The summed E-state index contributed by atoms with van der Waals surface area (Å²) >= 11 is 2.56. The Morgan fingerprint density at radius 3 is 2.58 bits per heavy atom. The first-order valence-corrected chi connectivity index (χ1v) is 5.87. The van der Waals surface area contributed by atoms with Gasteiger partial charge in [0.05, 0.1) is 10.0 Å². The summed E-state index contributed by atoms with van der Waals surface area (Å²) in [6.07, 6.45) is -2.88. The quantitative estimate of drug-likeness (QED) is 0.378. The zero-order valence-electron chi connectivity index (χ0n) is 9.65. The van der Waals surface area contributed by atoms with E-state index in [1.165, 1.54) is 6.19 Å². The molecule has 0 radical (unpaired) electrons. The Morgan fingerprint density at radius 1 is 1.47 bits per heavy atom. The Hall–Kier alpha value is -1.62. The highest BCUT2D eigenvalue weighted by Gasteiger charge is 2.34. The van der Waals surface area contributed by atoms with Gasteiger partial charge in [0.1, 0.15) is 11.7 Å². The second kappa shape index (κ2) is 6.02. The van der Waals surface area contributed by atoms with Crippen molar-refractivity contribution in [3.8, 4) is 6.19 Å². The summed E-state index contributed by atoms with van der Waals surface area (Å²) in [4.78, 5) is 3.38. The topological polar surface area (TPSA) is 48.2 Å². The van der Waals surface area contributed by atoms with Crippen LogP contribution < -0.4 is 5.32 Å². The van der Waals surface area contributed by atoms with Gasteiger partial charge in [0.25, 0.3) is 0 Å². The number of nitrogens with one attached hydrogen (secondary N) is 1. The summed E-state index contributed by atoms with van der Waals surface area (Å²) < 4.78 is 50.8. The number of hydrogen-bond acceptors (Lipinski definition) is 2. The Balaban J connectivity index is 3.22. The fraction of sp³-hybridized carbons (Fsp3) is 0.273. The van der Waals surface area contributed by atoms with E-state index in [1.54, 1.807) is 6.92 Å². The zero-order valence-corrected chi connectivity index (χ0v) is 11.2. The lowest BCUT2D eigenvalue weighted by molar-refractivity contribution is -0.138. The van der Waals surface area contributed by atoms with Gasteiger partial charge in [0, 0.05) is 12.1 Å². The molecule has 0 unspecified atom stereocenters. The summed E-state index contributed by atoms with van der Waals surface area (Å²) in [5.74, 6) is -0.901. The molecule has 8 heteroatoms. The summed E-state index contributed by atoms with van der Waals surface area (Å²) in [6.45, 7) is 1.66. The Labute approximate surface area is 115 Å². The number of rotatable bonds is 2. The van der Waals surface area contributed by atoms with Gasteiger partial charge in [0.2, 0.25) is 6.19 Å². The SMILES string of the molecule is CC/C(=N\C#N)Nc1cc(F)c(Br)c(C(F)(F)F)c1. The number of nitrogens with zero attached hydrogens (tertiary/aromatic N) is 2. The molecule has 0 spiro atoms. The molecule has 19 heavy (non-hydrogen) atoms. The third-order valence-electron chi connectivity index (χ3n) is 2.14. The lowest BCUT2D eigenvalue weighted by Gasteiger charge is -2.13. The van der Waals surface area contributed by atoms with E-state index in [9.17, 15) is 17.6 Å². The maximum atomic E-state index is 13.4. The number of amidine groups is 1. The smallest absolute Gasteiger partial charge is 0.343 e. The van der Waals surface area contributed by atoms with Crippen LogP contribution in [0, 0.1) is 17.3 Å². The number of nitriles is 1. The van der Waals surface area contributed by atoms with E-state index in [-0.39, 0.29) is 11.5 Å². The van der Waals surface area contributed by atoms with Gasteiger partial charge in [-0.1, -0.05) is 6.92 Å². The minimum atomic E-state index is -4.68. The summed E-state index contributed by atoms with van der Waals surface area (Å²) in [6, 6.07) is 1.64. The Bertz CT molecular complexity index is 546. The first-order valence-electron chi connectivity index (χ1n) is 5.08. The van der Waals surface area contributed by atoms with Gasteiger partial charge in [-0.25, -0.2) is 4.39 Å². The maximum absolute atomic E-state index is 13.4. The first-order chi connectivity index (χ1) is 8.79. The van der Waals surface area contributed by atoms with Crippen LogP contribution in [0.3, 0.4) is 0 Å². The molecule has 0 bridgehead atoms. The van der Waals surface area contributed by atoms with Crippen molar-refractivity contribution in [1.29, 1.82) is 5.26 Å². The minimum absolute atomic E-state index is 0.121. The van der Waals surface area contributed by atoms with E-state index in [1.807, 2.05) is 0 Å². The highest BCUT2D eigenvalue weighted by molar-refractivity contribution is 9.10. The largest absolute Gasteiger partial charge is 0.417 e. The van der Waals surface area contributed by atoms with Crippen molar-refractivity contribution >= 4 is 27.5 Å². The third kappa shape index (κ3) is 3.92. The molecular weight excluding hydrogens is 330 g/mol. The molecule has 1 N–H and O–H groups in total. The van der Waals surface area contributed by atoms with Crippen molar-refractivity contribution in [1.82, 2.24) is 0 Å². The molecule has 0 saturated heterocycles. The van der Waals surface area contributed by atoms with Crippen LogP contribution in [0.15, 0.2) is 21.6 Å². The van der Waals surface area contributed by atoms with Crippen LogP contribution in [-0.2, 0) is 6.18 Å². The summed E-state index contributed by atoms with van der Waals surface area (Å²) in [7, 11) is 0. The van der Waals surface area contributed by atoms with Gasteiger partial charge < -0.3 is 5.32 Å². The van der Waals surface area contributed by atoms with Gasteiger partial charge in [-0.15, -0.1) is 0 Å². The van der Waals surface area contributed by atoms with E-state index >= 15 is 0 Å². The predicted molar refractivity (Wildman–Crippen MR) is 66.1 cm³/mol. The lowest BCUT2D eigenvalue weighted by atomic mass is 10.2. The fourth-order valence-corrected chi connectivity index (χ4v) is 1.74. The van der Waals surface area contributed by atoms with Crippen LogP contribution in [0.1, 0.15) is 18.9 Å². The van der Waals surface area contributed by atoms with Crippen LogP contribution in [0.2, 0.25) is 0 Å². The average molecular weight is 338 g/mol. The van der Waals surface area contributed by atoms with E-state index in [4.69, 9.17) is 5.26 Å². The number of aliphatic imine (C=N–C) groups is 1. The predicted octanol–water partition coefficient (Wildman–Crippen LogP) is 4.31. The molecule has 0 aliphatic rings. The monoisotopic (exact) mass is 337 g/mol. The molecule has 102 valence electrons. The van der Waals surface area contributed by atoms with Gasteiger partial charge in [-0.3, -0.25) is 0 Å². The molecule has 0 fully saturated rings.